The second kappa shape index (κ2) is 8.86. The van der Waals surface area contributed by atoms with E-state index < -0.39 is 0 Å². The lowest BCUT2D eigenvalue weighted by Crippen LogP contribution is -2.39. The molecule has 0 fully saturated rings. The fraction of sp³-hybridized carbons (Fsp3) is 0.350. The predicted octanol–water partition coefficient (Wildman–Crippen LogP) is 3.82. The number of benzene rings is 1. The van der Waals surface area contributed by atoms with E-state index in [-0.39, 0.29) is 18.0 Å². The number of H-pyrrole nitrogens is 1. The smallest absolute Gasteiger partial charge is 0.268 e. The first-order valence-corrected chi connectivity index (χ1v) is 10.4. The third kappa shape index (κ3) is 4.43. The average molecular weight is 419 g/mol. The summed E-state index contributed by atoms with van der Waals surface area (Å²) in [4.78, 5) is 36.1. The first kappa shape index (κ1) is 20.5. The summed E-state index contributed by atoms with van der Waals surface area (Å²) in [7, 11) is 1.72. The van der Waals surface area contributed by atoms with Crippen molar-refractivity contribution in [2.75, 3.05) is 25.0 Å². The molecule has 2 aromatic heterocycles. The summed E-state index contributed by atoms with van der Waals surface area (Å²) in [6.07, 6.45) is 0.882. The molecule has 0 saturated heterocycles. The highest BCUT2D eigenvalue weighted by Crippen LogP contribution is 2.24. The fourth-order valence-electron chi connectivity index (χ4n) is 3.06. The van der Waals surface area contributed by atoms with Crippen molar-refractivity contribution in [3.8, 4) is 0 Å². The summed E-state index contributed by atoms with van der Waals surface area (Å²) in [5, 5.41) is 2.47. The number of anilines is 1. The molecule has 3 aromatic rings. The van der Waals surface area contributed by atoms with Crippen LogP contribution in [0.4, 0.5) is 5.69 Å². The van der Waals surface area contributed by atoms with E-state index in [1.165, 1.54) is 11.3 Å². The minimum absolute atomic E-state index is 0.0725. The Morgan fingerprint density at radius 3 is 2.79 bits per heavy atom. The summed E-state index contributed by atoms with van der Waals surface area (Å²) in [5.41, 5.74) is 2.27. The third-order valence-corrected chi connectivity index (χ3v) is 5.92. The van der Waals surface area contributed by atoms with Gasteiger partial charge in [-0.1, -0.05) is 30.7 Å². The van der Waals surface area contributed by atoms with Crippen molar-refractivity contribution in [2.24, 2.45) is 0 Å². The van der Waals surface area contributed by atoms with Crippen molar-refractivity contribution < 1.29 is 4.79 Å². The molecule has 2 heterocycles. The van der Waals surface area contributed by atoms with Gasteiger partial charge in [0.1, 0.15) is 10.5 Å². The largest absolute Gasteiger partial charge is 0.313 e. The summed E-state index contributed by atoms with van der Waals surface area (Å²) in [5.74, 6) is 0.498. The zero-order chi connectivity index (χ0) is 20.3. The maximum Gasteiger partial charge on any atom is 0.268 e. The number of aromatic amines is 1. The number of carbonyl (C=O) groups excluding carboxylic acids is 1. The van der Waals surface area contributed by atoms with E-state index in [0.29, 0.717) is 34.3 Å². The Morgan fingerprint density at radius 2 is 2.07 bits per heavy atom. The number of hydrogen-bond donors (Lipinski definition) is 1. The van der Waals surface area contributed by atoms with Crippen LogP contribution in [0.25, 0.3) is 10.2 Å². The Labute approximate surface area is 172 Å². The summed E-state index contributed by atoms with van der Waals surface area (Å²) in [6.45, 7) is 5.32. The van der Waals surface area contributed by atoms with Gasteiger partial charge in [0.15, 0.2) is 0 Å². The number of rotatable bonds is 7. The van der Waals surface area contributed by atoms with Gasteiger partial charge in [-0.3, -0.25) is 14.5 Å². The number of para-hydroxylation sites is 1. The first-order chi connectivity index (χ1) is 13.4. The maximum atomic E-state index is 12.8. The van der Waals surface area contributed by atoms with Crippen LogP contribution in [0.15, 0.2) is 34.4 Å². The molecular formula is C20H23ClN4O2S. The van der Waals surface area contributed by atoms with Gasteiger partial charge in [-0.25, -0.2) is 4.98 Å². The van der Waals surface area contributed by atoms with Gasteiger partial charge in [-0.2, -0.15) is 0 Å². The van der Waals surface area contributed by atoms with Crippen LogP contribution in [0.5, 0.6) is 0 Å². The Morgan fingerprint density at radius 1 is 1.32 bits per heavy atom. The van der Waals surface area contributed by atoms with Gasteiger partial charge < -0.3 is 9.88 Å². The van der Waals surface area contributed by atoms with Gasteiger partial charge in [0, 0.05) is 7.05 Å². The standard InChI is InChI=1S/C20H23ClN4O2S/c1-4-9-25(11-17(26)24(3)15-8-6-5-7-14(15)21)10-16-22-18-13(2)12-28-19(18)20(27)23-16/h5-8,12H,4,9-11H2,1-3H3,(H,22,23,27). The van der Waals surface area contributed by atoms with Crippen molar-refractivity contribution in [1.82, 2.24) is 14.9 Å². The molecule has 0 aliphatic rings. The van der Waals surface area contributed by atoms with E-state index in [9.17, 15) is 9.59 Å². The molecule has 8 heteroatoms. The number of aromatic nitrogens is 2. The number of halogens is 1. The topological polar surface area (TPSA) is 69.3 Å². The molecule has 28 heavy (non-hydrogen) atoms. The van der Waals surface area contributed by atoms with E-state index in [2.05, 4.69) is 16.9 Å². The van der Waals surface area contributed by atoms with Crippen molar-refractivity contribution in [1.29, 1.82) is 0 Å². The van der Waals surface area contributed by atoms with Crippen LogP contribution >= 0.6 is 22.9 Å². The van der Waals surface area contributed by atoms with Gasteiger partial charge >= 0.3 is 0 Å². The van der Waals surface area contributed by atoms with E-state index in [4.69, 9.17) is 11.6 Å². The molecule has 0 aliphatic carbocycles. The Bertz CT molecular complexity index is 1050. The first-order valence-electron chi connectivity index (χ1n) is 9.11. The van der Waals surface area contributed by atoms with Crippen LogP contribution in [0.1, 0.15) is 24.7 Å². The quantitative estimate of drug-likeness (QED) is 0.633. The van der Waals surface area contributed by atoms with Crippen LogP contribution in [0.2, 0.25) is 5.02 Å². The fourth-order valence-corrected chi connectivity index (χ4v) is 4.21. The highest BCUT2D eigenvalue weighted by molar-refractivity contribution is 7.17. The molecule has 0 bridgehead atoms. The van der Waals surface area contributed by atoms with Gasteiger partial charge in [0.2, 0.25) is 5.91 Å². The zero-order valence-corrected chi connectivity index (χ0v) is 17.7. The minimum atomic E-state index is -0.130. The third-order valence-electron chi connectivity index (χ3n) is 4.51. The van der Waals surface area contributed by atoms with Crippen molar-refractivity contribution in [2.45, 2.75) is 26.8 Å². The molecule has 1 N–H and O–H groups in total. The molecule has 6 nitrogen and oxygen atoms in total. The maximum absolute atomic E-state index is 12.8. The second-order valence-corrected chi connectivity index (χ2v) is 8.01. The highest BCUT2D eigenvalue weighted by Gasteiger charge is 2.18. The molecule has 0 unspecified atom stereocenters. The van der Waals surface area contributed by atoms with Crippen molar-refractivity contribution >= 4 is 44.7 Å². The molecule has 3 rings (SSSR count). The number of likely N-dealkylation sites (N-methyl/N-ethyl adjacent to an activating group) is 1. The molecule has 1 aromatic carbocycles. The number of thiophene rings is 1. The molecule has 0 radical (unpaired) electrons. The molecule has 0 saturated carbocycles. The molecular weight excluding hydrogens is 396 g/mol. The zero-order valence-electron chi connectivity index (χ0n) is 16.2. The summed E-state index contributed by atoms with van der Waals surface area (Å²) in [6, 6.07) is 7.26. The number of nitrogens with one attached hydrogen (secondary N) is 1. The molecule has 0 aliphatic heterocycles. The van der Waals surface area contributed by atoms with E-state index >= 15 is 0 Å². The van der Waals surface area contributed by atoms with Crippen molar-refractivity contribution in [3.05, 3.63) is 56.4 Å². The highest BCUT2D eigenvalue weighted by atomic mass is 35.5. The lowest BCUT2D eigenvalue weighted by atomic mass is 10.3. The summed E-state index contributed by atoms with van der Waals surface area (Å²) >= 11 is 7.61. The molecule has 148 valence electrons. The van der Waals surface area contributed by atoms with E-state index in [0.717, 1.165) is 17.5 Å². The Hall–Kier alpha value is -2.22. The number of amides is 1. The number of carbonyl (C=O) groups is 1. The van der Waals surface area contributed by atoms with Gasteiger partial charge in [-0.15, -0.1) is 11.3 Å². The SMILES string of the molecule is CCCN(CC(=O)N(C)c1ccccc1Cl)Cc1nc2c(C)csc2c(=O)[nH]1. The van der Waals surface area contributed by atoms with Crippen molar-refractivity contribution in [3.63, 3.8) is 0 Å². The van der Waals surface area contributed by atoms with Gasteiger partial charge in [-0.05, 0) is 43.0 Å². The second-order valence-electron chi connectivity index (χ2n) is 6.72. The Kier molecular flexibility index (Phi) is 6.49. The van der Waals surface area contributed by atoms with Crippen LogP contribution in [0.3, 0.4) is 0 Å². The number of nitrogens with zero attached hydrogens (tertiary/aromatic N) is 3. The minimum Gasteiger partial charge on any atom is -0.313 e. The monoisotopic (exact) mass is 418 g/mol. The number of hydrogen-bond acceptors (Lipinski definition) is 5. The van der Waals surface area contributed by atoms with E-state index in [1.807, 2.05) is 35.4 Å². The van der Waals surface area contributed by atoms with E-state index in [1.54, 1.807) is 18.0 Å². The van der Waals surface area contributed by atoms with Crippen LogP contribution in [-0.2, 0) is 11.3 Å². The van der Waals surface area contributed by atoms with Crippen LogP contribution < -0.4 is 10.5 Å². The molecule has 1 amide bonds. The van der Waals surface area contributed by atoms with Gasteiger partial charge in [0.25, 0.3) is 5.56 Å². The molecule has 0 spiro atoms. The average Bonchev–Trinajstić information content (AvgIpc) is 3.03. The van der Waals surface area contributed by atoms with Crippen LogP contribution in [-0.4, -0.2) is 40.9 Å². The molecule has 0 atom stereocenters. The van der Waals surface area contributed by atoms with Crippen LogP contribution in [0, 0.1) is 6.92 Å². The number of aryl methyl sites for hydroxylation is 1. The number of fused-ring (bicyclic) bond motifs is 1. The Balaban J connectivity index is 1.78. The summed E-state index contributed by atoms with van der Waals surface area (Å²) < 4.78 is 0.637. The lowest BCUT2D eigenvalue weighted by molar-refractivity contribution is -0.119. The van der Waals surface area contributed by atoms with Gasteiger partial charge in [0.05, 0.1) is 29.3 Å². The lowest BCUT2D eigenvalue weighted by Gasteiger charge is -2.25. The predicted molar refractivity (Wildman–Crippen MR) is 115 cm³/mol. The normalized spacial score (nSPS) is 11.3.